The maximum Gasteiger partial charge on any atom is 0.210 e. The van der Waals surface area contributed by atoms with Gasteiger partial charge < -0.3 is 15.6 Å². The van der Waals surface area contributed by atoms with Gasteiger partial charge in [0.05, 0.1) is 17.4 Å². The quantitative estimate of drug-likeness (QED) is 0.586. The number of imidazole rings is 1. The number of aromatic nitrogens is 2. The average Bonchev–Trinajstić information content (AvgIpc) is 3.06. The lowest BCUT2D eigenvalue weighted by Gasteiger charge is -2.32. The van der Waals surface area contributed by atoms with Crippen molar-refractivity contribution in [3.8, 4) is 0 Å². The lowest BCUT2D eigenvalue weighted by molar-refractivity contribution is 0.399. The second kappa shape index (κ2) is 6.00. The number of fused-ring (bicyclic) bond motifs is 1. The third-order valence-electron chi connectivity index (χ3n) is 4.64. The smallest absolute Gasteiger partial charge is 0.210 e. The van der Waals surface area contributed by atoms with E-state index in [0.717, 1.165) is 28.1 Å². The molecule has 0 saturated heterocycles. The van der Waals surface area contributed by atoms with Crippen molar-refractivity contribution >= 4 is 22.9 Å². The molecule has 1 aliphatic heterocycles. The van der Waals surface area contributed by atoms with Crippen molar-refractivity contribution in [2.45, 2.75) is 26.6 Å². The maximum atomic E-state index is 6.56. The molecule has 132 valence electrons. The van der Waals surface area contributed by atoms with Gasteiger partial charge in [0, 0.05) is 17.5 Å². The topological polar surface area (TPSA) is 91.1 Å². The van der Waals surface area contributed by atoms with Gasteiger partial charge in [0.1, 0.15) is 5.82 Å². The normalized spacial score (nSPS) is 19.3. The Labute approximate surface area is 152 Å². The molecule has 6 heteroatoms. The van der Waals surface area contributed by atoms with Crippen molar-refractivity contribution in [2.24, 2.45) is 10.7 Å². The molecule has 2 aromatic carbocycles. The minimum atomic E-state index is -1.04. The molecule has 6 nitrogen and oxygen atoms in total. The summed E-state index contributed by atoms with van der Waals surface area (Å²) >= 11 is 0. The third kappa shape index (κ3) is 2.84. The number of anilines is 1. The molecular formula is C20H22N6. The monoisotopic (exact) mass is 346 g/mol. The molecule has 0 bridgehead atoms. The molecule has 0 radical (unpaired) electrons. The highest BCUT2D eigenvalue weighted by molar-refractivity contribution is 5.78. The van der Waals surface area contributed by atoms with Crippen LogP contribution in [0.3, 0.4) is 0 Å². The van der Waals surface area contributed by atoms with Crippen LogP contribution in [-0.2, 0) is 5.79 Å². The molecule has 0 fully saturated rings. The van der Waals surface area contributed by atoms with Crippen molar-refractivity contribution < 1.29 is 0 Å². The van der Waals surface area contributed by atoms with E-state index in [1.807, 2.05) is 24.3 Å². The van der Waals surface area contributed by atoms with E-state index in [0.29, 0.717) is 0 Å². The molecule has 1 aliphatic rings. The van der Waals surface area contributed by atoms with Crippen LogP contribution in [0.25, 0.3) is 11.0 Å². The lowest BCUT2D eigenvalue weighted by Crippen LogP contribution is -2.51. The van der Waals surface area contributed by atoms with Crippen LogP contribution < -0.4 is 16.4 Å². The van der Waals surface area contributed by atoms with Gasteiger partial charge in [-0.15, -0.1) is 0 Å². The van der Waals surface area contributed by atoms with Gasteiger partial charge in [-0.1, -0.05) is 23.8 Å². The maximum absolute atomic E-state index is 6.56. The molecule has 26 heavy (non-hydrogen) atoms. The van der Waals surface area contributed by atoms with E-state index < -0.39 is 5.79 Å². The summed E-state index contributed by atoms with van der Waals surface area (Å²) in [7, 11) is 0. The predicted molar refractivity (Wildman–Crippen MR) is 106 cm³/mol. The van der Waals surface area contributed by atoms with Crippen molar-refractivity contribution in [2.75, 3.05) is 5.32 Å². The van der Waals surface area contributed by atoms with E-state index >= 15 is 0 Å². The van der Waals surface area contributed by atoms with Crippen LogP contribution in [0.4, 0.5) is 5.69 Å². The number of nitrogens with one attached hydrogen (secondary N) is 3. The Bertz CT molecular complexity index is 1020. The Morgan fingerprint density at radius 3 is 2.62 bits per heavy atom. The molecule has 5 N–H and O–H groups in total. The predicted octanol–water partition coefficient (Wildman–Crippen LogP) is 3.18. The van der Waals surface area contributed by atoms with Gasteiger partial charge in [-0.2, -0.15) is 0 Å². The molecule has 0 saturated carbocycles. The summed E-state index contributed by atoms with van der Waals surface area (Å²) in [5.74, 6) is -0.231. The van der Waals surface area contributed by atoms with Crippen LogP contribution in [0.5, 0.6) is 0 Å². The average molecular weight is 346 g/mol. The number of rotatable bonds is 3. The van der Waals surface area contributed by atoms with Crippen LogP contribution in [-0.4, -0.2) is 16.2 Å². The van der Waals surface area contributed by atoms with E-state index in [-0.39, 0.29) is 0 Å². The van der Waals surface area contributed by atoms with Gasteiger partial charge in [0.25, 0.3) is 0 Å². The Balaban J connectivity index is 1.63. The number of benzene rings is 2. The summed E-state index contributed by atoms with van der Waals surface area (Å²) in [4.78, 5) is 11.8. The first kappa shape index (κ1) is 16.4. The van der Waals surface area contributed by atoms with Gasteiger partial charge in [-0.25, -0.2) is 9.98 Å². The van der Waals surface area contributed by atoms with Crippen molar-refractivity contribution in [1.29, 1.82) is 0 Å². The van der Waals surface area contributed by atoms with Crippen molar-refractivity contribution in [1.82, 2.24) is 15.3 Å². The molecular weight excluding hydrogens is 324 g/mol. The molecule has 0 amide bonds. The molecule has 0 spiro atoms. The SMILES string of the molecule is Cc1cc(C)c(NC2=CC=NC(N)(c3ccc4nc[nH]c4c3)N2)c(C)c1. The van der Waals surface area contributed by atoms with Gasteiger partial charge in [0.2, 0.25) is 5.79 Å². The summed E-state index contributed by atoms with van der Waals surface area (Å²) in [6, 6.07) is 10.2. The Morgan fingerprint density at radius 1 is 1.08 bits per heavy atom. The van der Waals surface area contributed by atoms with Crippen LogP contribution in [0.2, 0.25) is 0 Å². The Hall–Kier alpha value is -3.12. The molecule has 3 aromatic rings. The standard InChI is InChI=1S/C20H22N6/c1-12-8-13(2)19(14(3)9-12)25-18-6-7-24-20(21,26-18)15-4-5-16-17(10-15)23-11-22-16/h4-11,25-26H,21H2,1-3H3,(H,22,23). The van der Waals surface area contributed by atoms with Crippen LogP contribution >= 0.6 is 0 Å². The molecule has 1 atom stereocenters. The highest BCUT2D eigenvalue weighted by atomic mass is 15.3. The van der Waals surface area contributed by atoms with Crippen molar-refractivity contribution in [3.05, 3.63) is 70.8 Å². The number of H-pyrrole nitrogens is 1. The summed E-state index contributed by atoms with van der Waals surface area (Å²) < 4.78 is 0. The fraction of sp³-hybridized carbons (Fsp3) is 0.200. The molecule has 4 rings (SSSR count). The summed E-state index contributed by atoms with van der Waals surface area (Å²) in [6.45, 7) is 6.30. The number of nitrogens with zero attached hydrogens (tertiary/aromatic N) is 2. The first-order valence-corrected chi connectivity index (χ1v) is 8.56. The first-order chi connectivity index (χ1) is 12.4. The van der Waals surface area contributed by atoms with Gasteiger partial charge in [0.15, 0.2) is 0 Å². The molecule has 0 aliphatic carbocycles. The number of allylic oxidation sites excluding steroid dienone is 1. The molecule has 1 aromatic heterocycles. The number of hydrogen-bond donors (Lipinski definition) is 4. The highest BCUT2D eigenvalue weighted by Crippen LogP contribution is 2.27. The number of aryl methyl sites for hydroxylation is 3. The fourth-order valence-corrected chi connectivity index (χ4v) is 3.41. The van der Waals surface area contributed by atoms with Crippen molar-refractivity contribution in [3.63, 3.8) is 0 Å². The van der Waals surface area contributed by atoms with Crippen LogP contribution in [0.15, 0.2) is 53.5 Å². The Morgan fingerprint density at radius 2 is 1.85 bits per heavy atom. The zero-order valence-corrected chi connectivity index (χ0v) is 15.1. The first-order valence-electron chi connectivity index (χ1n) is 8.56. The number of hydrogen-bond acceptors (Lipinski definition) is 5. The summed E-state index contributed by atoms with van der Waals surface area (Å²) in [5, 5.41) is 6.78. The number of aromatic amines is 1. The third-order valence-corrected chi connectivity index (χ3v) is 4.64. The second-order valence-corrected chi connectivity index (χ2v) is 6.78. The van der Waals surface area contributed by atoms with Gasteiger partial charge in [-0.05, 0) is 50.1 Å². The highest BCUT2D eigenvalue weighted by Gasteiger charge is 2.29. The van der Waals surface area contributed by atoms with E-state index in [9.17, 15) is 0 Å². The van der Waals surface area contributed by atoms with E-state index in [4.69, 9.17) is 5.73 Å². The van der Waals surface area contributed by atoms with E-state index in [1.165, 1.54) is 16.7 Å². The van der Waals surface area contributed by atoms with Crippen LogP contribution in [0.1, 0.15) is 22.3 Å². The number of nitrogens with two attached hydrogens (primary N) is 1. The van der Waals surface area contributed by atoms with E-state index in [1.54, 1.807) is 12.5 Å². The summed E-state index contributed by atoms with van der Waals surface area (Å²) in [6.07, 6.45) is 5.29. The minimum absolute atomic E-state index is 0.808. The Kier molecular flexibility index (Phi) is 3.77. The fourth-order valence-electron chi connectivity index (χ4n) is 3.41. The zero-order valence-electron chi connectivity index (χ0n) is 15.1. The minimum Gasteiger partial charge on any atom is -0.345 e. The summed E-state index contributed by atoms with van der Waals surface area (Å²) in [5.41, 5.74) is 14.0. The molecule has 1 unspecified atom stereocenters. The van der Waals surface area contributed by atoms with Gasteiger partial charge in [-0.3, -0.25) is 5.73 Å². The van der Waals surface area contributed by atoms with Gasteiger partial charge >= 0.3 is 0 Å². The van der Waals surface area contributed by atoms with Crippen LogP contribution in [0, 0.1) is 20.8 Å². The van der Waals surface area contributed by atoms with E-state index in [2.05, 4.69) is 58.5 Å². The second-order valence-electron chi connectivity index (χ2n) is 6.78. The zero-order chi connectivity index (χ0) is 18.3. The largest absolute Gasteiger partial charge is 0.345 e. The lowest BCUT2D eigenvalue weighted by atomic mass is 10.0. The number of aliphatic imine (C=N–C) groups is 1. The molecule has 2 heterocycles.